The van der Waals surface area contributed by atoms with E-state index in [1.54, 1.807) is 5.10 Å². The summed E-state index contributed by atoms with van der Waals surface area (Å²) in [4.78, 5) is 32.4. The molecular formula is C24H20F6N6O3. The molecule has 4 aromatic rings. The van der Waals surface area contributed by atoms with Crippen LogP contribution < -0.4 is 21.2 Å². The Balaban J connectivity index is 1.55. The molecule has 3 heterocycles. The van der Waals surface area contributed by atoms with E-state index in [1.807, 2.05) is 0 Å². The minimum atomic E-state index is -4.99. The van der Waals surface area contributed by atoms with Gasteiger partial charge in [-0.3, -0.25) is 9.59 Å². The van der Waals surface area contributed by atoms with Gasteiger partial charge in [0.2, 0.25) is 0 Å². The van der Waals surface area contributed by atoms with E-state index in [9.17, 15) is 35.9 Å². The third-order valence-corrected chi connectivity index (χ3v) is 5.78. The van der Waals surface area contributed by atoms with Gasteiger partial charge in [0.25, 0.3) is 11.1 Å². The number of aromatic nitrogens is 5. The van der Waals surface area contributed by atoms with Gasteiger partial charge in [0.1, 0.15) is 23.4 Å². The number of methoxy groups -OCH3 is 1. The van der Waals surface area contributed by atoms with Crippen LogP contribution >= 0.6 is 0 Å². The lowest BCUT2D eigenvalue weighted by molar-refractivity contribution is -0.138. The summed E-state index contributed by atoms with van der Waals surface area (Å²) in [5.74, 6) is -1.62. The highest BCUT2D eigenvalue weighted by Gasteiger charge is 2.37. The highest BCUT2D eigenvalue weighted by molar-refractivity contribution is 5.86. The van der Waals surface area contributed by atoms with Crippen LogP contribution in [-0.2, 0) is 12.7 Å². The molecule has 39 heavy (non-hydrogen) atoms. The second kappa shape index (κ2) is 10.7. The van der Waals surface area contributed by atoms with Gasteiger partial charge >= 0.3 is 6.18 Å². The van der Waals surface area contributed by atoms with E-state index < -0.39 is 65.4 Å². The van der Waals surface area contributed by atoms with Crippen molar-refractivity contribution in [2.75, 3.05) is 12.4 Å². The second-order valence-corrected chi connectivity index (χ2v) is 8.62. The average Bonchev–Trinajstić information content (AvgIpc) is 2.86. The number of benzene rings is 1. The van der Waals surface area contributed by atoms with Crippen molar-refractivity contribution in [1.82, 2.24) is 24.7 Å². The van der Waals surface area contributed by atoms with Crippen LogP contribution in [0, 0.1) is 11.6 Å². The number of aromatic amines is 1. The molecular weight excluding hydrogens is 534 g/mol. The number of pyridine rings is 1. The van der Waals surface area contributed by atoms with Crippen LogP contribution in [0.4, 0.5) is 32.0 Å². The first-order valence-corrected chi connectivity index (χ1v) is 11.3. The number of H-pyrrole nitrogens is 1. The Hall–Kier alpha value is -4.43. The molecule has 0 saturated carbocycles. The van der Waals surface area contributed by atoms with E-state index in [4.69, 9.17) is 4.74 Å². The van der Waals surface area contributed by atoms with Gasteiger partial charge < -0.3 is 14.6 Å². The van der Waals surface area contributed by atoms with E-state index in [0.717, 1.165) is 24.5 Å². The van der Waals surface area contributed by atoms with E-state index in [1.165, 1.54) is 26.4 Å². The number of alkyl halides is 4. The normalized spacial score (nSPS) is 13.3. The minimum absolute atomic E-state index is 0.0756. The van der Waals surface area contributed by atoms with Gasteiger partial charge in [0.15, 0.2) is 11.6 Å². The van der Waals surface area contributed by atoms with Crippen LogP contribution in [-0.4, -0.2) is 44.1 Å². The summed E-state index contributed by atoms with van der Waals surface area (Å²) in [7, 11) is 1.39. The Labute approximate surface area is 215 Å². The number of nitrogens with zero attached hydrogens (tertiary/aromatic N) is 4. The summed E-state index contributed by atoms with van der Waals surface area (Å²) < 4.78 is 90.0. The van der Waals surface area contributed by atoms with Gasteiger partial charge in [-0.25, -0.2) is 28.2 Å². The molecule has 0 radical (unpaired) electrons. The zero-order chi connectivity index (χ0) is 28.5. The van der Waals surface area contributed by atoms with Crippen LogP contribution in [0.1, 0.15) is 18.9 Å². The van der Waals surface area contributed by atoms with Crippen molar-refractivity contribution in [1.29, 1.82) is 0 Å². The van der Waals surface area contributed by atoms with E-state index >= 15 is 0 Å². The van der Waals surface area contributed by atoms with Crippen LogP contribution in [0.3, 0.4) is 0 Å². The van der Waals surface area contributed by atoms with Gasteiger partial charge in [0, 0.05) is 24.0 Å². The van der Waals surface area contributed by atoms with Crippen molar-refractivity contribution in [3.8, 4) is 17.1 Å². The third-order valence-electron chi connectivity index (χ3n) is 5.78. The molecule has 0 aliphatic heterocycles. The number of hydrogen-bond donors (Lipinski definition) is 2. The number of halogens is 6. The number of rotatable bonds is 8. The SMILES string of the molecule is COc1cnc(-c2cc3c(F)cn(C[C@H](F)C[C@@H](C)Nc4cn[nH]c(=O)c4C(F)(F)F)c(=O)c3cc2F)nc1. The number of fused-ring (bicyclic) bond motifs is 1. The highest BCUT2D eigenvalue weighted by Crippen LogP contribution is 2.32. The molecule has 4 rings (SSSR count). The topological polar surface area (TPSA) is 115 Å². The second-order valence-electron chi connectivity index (χ2n) is 8.62. The van der Waals surface area contributed by atoms with Crippen molar-refractivity contribution >= 4 is 16.5 Å². The van der Waals surface area contributed by atoms with Crippen LogP contribution in [0.25, 0.3) is 22.2 Å². The fourth-order valence-electron chi connectivity index (χ4n) is 4.02. The summed E-state index contributed by atoms with van der Waals surface area (Å²) in [6, 6.07) is 0.923. The zero-order valence-electron chi connectivity index (χ0n) is 20.3. The summed E-state index contributed by atoms with van der Waals surface area (Å²) >= 11 is 0. The van der Waals surface area contributed by atoms with E-state index in [0.29, 0.717) is 10.3 Å². The van der Waals surface area contributed by atoms with Gasteiger partial charge in [-0.1, -0.05) is 0 Å². The van der Waals surface area contributed by atoms with Crippen molar-refractivity contribution in [2.45, 2.75) is 38.3 Å². The molecule has 2 N–H and O–H groups in total. The largest absolute Gasteiger partial charge is 0.494 e. The van der Waals surface area contributed by atoms with Crippen LogP contribution in [0.2, 0.25) is 0 Å². The first-order chi connectivity index (χ1) is 18.4. The Morgan fingerprint density at radius 3 is 2.41 bits per heavy atom. The highest BCUT2D eigenvalue weighted by atomic mass is 19.4. The molecule has 3 aromatic heterocycles. The van der Waals surface area contributed by atoms with Gasteiger partial charge in [-0.15, -0.1) is 0 Å². The molecule has 0 spiro atoms. The molecule has 2 atom stereocenters. The molecule has 0 aliphatic carbocycles. The molecule has 0 fully saturated rings. The maximum absolute atomic E-state index is 14.9. The Bertz CT molecular complexity index is 1620. The van der Waals surface area contributed by atoms with Crippen LogP contribution in [0.5, 0.6) is 5.75 Å². The zero-order valence-corrected chi connectivity index (χ0v) is 20.3. The number of anilines is 1. The Kier molecular flexibility index (Phi) is 7.60. The van der Waals surface area contributed by atoms with Gasteiger partial charge in [0.05, 0.1) is 48.9 Å². The molecule has 9 nitrogen and oxygen atoms in total. The summed E-state index contributed by atoms with van der Waals surface area (Å²) in [6.45, 7) is 0.693. The summed E-state index contributed by atoms with van der Waals surface area (Å²) in [6.07, 6.45) is -3.16. The average molecular weight is 554 g/mol. The van der Waals surface area contributed by atoms with E-state index in [-0.39, 0.29) is 22.2 Å². The van der Waals surface area contributed by atoms with Crippen molar-refractivity contribution in [2.24, 2.45) is 0 Å². The molecule has 0 saturated heterocycles. The fraction of sp³-hybridized carbons (Fsp3) is 0.292. The maximum Gasteiger partial charge on any atom is 0.423 e. The lowest BCUT2D eigenvalue weighted by Gasteiger charge is -2.20. The lowest BCUT2D eigenvalue weighted by Crippen LogP contribution is -2.30. The Morgan fingerprint density at radius 2 is 1.77 bits per heavy atom. The molecule has 0 unspecified atom stereocenters. The predicted molar refractivity (Wildman–Crippen MR) is 128 cm³/mol. The summed E-state index contributed by atoms with van der Waals surface area (Å²) in [5, 5.41) is 6.82. The third kappa shape index (κ3) is 5.86. The molecule has 0 bridgehead atoms. The Morgan fingerprint density at radius 1 is 1.08 bits per heavy atom. The maximum atomic E-state index is 14.9. The monoisotopic (exact) mass is 554 g/mol. The van der Waals surface area contributed by atoms with E-state index in [2.05, 4.69) is 20.4 Å². The molecule has 0 amide bonds. The van der Waals surface area contributed by atoms with Gasteiger partial charge in [-0.05, 0) is 19.1 Å². The van der Waals surface area contributed by atoms with Crippen LogP contribution in [0.15, 0.2) is 46.5 Å². The molecule has 206 valence electrons. The lowest BCUT2D eigenvalue weighted by atomic mass is 10.1. The van der Waals surface area contributed by atoms with Crippen molar-refractivity contribution < 1.29 is 31.1 Å². The quantitative estimate of drug-likeness (QED) is 0.316. The number of hydrogen-bond acceptors (Lipinski definition) is 7. The molecule has 0 aliphatic rings. The first kappa shape index (κ1) is 27.6. The van der Waals surface area contributed by atoms with Gasteiger partial charge in [-0.2, -0.15) is 18.3 Å². The number of ether oxygens (including phenoxy) is 1. The molecule has 15 heteroatoms. The minimum Gasteiger partial charge on any atom is -0.494 e. The van der Waals surface area contributed by atoms with Crippen molar-refractivity contribution in [3.63, 3.8) is 0 Å². The number of nitrogens with one attached hydrogen (secondary N) is 2. The standard InChI is InChI=1S/C24H20F6N6O3/c1-11(34-19-8-33-35-22(37)20(19)24(28,29)30)3-12(25)9-36-10-18(27)14-4-16(17(26)5-15(14)23(36)38)21-31-6-13(39-2)7-32-21/h4-8,10-12H,3,9H2,1-2H3,(H2,34,35,37)/t11-,12-/m1/s1. The smallest absolute Gasteiger partial charge is 0.423 e. The molecule has 1 aromatic carbocycles. The first-order valence-electron chi connectivity index (χ1n) is 11.3. The predicted octanol–water partition coefficient (Wildman–Crippen LogP) is 4.08. The fourth-order valence-corrected chi connectivity index (χ4v) is 4.02. The van der Waals surface area contributed by atoms with Crippen molar-refractivity contribution in [3.05, 3.63) is 74.8 Å². The summed E-state index contributed by atoms with van der Waals surface area (Å²) in [5.41, 5.74) is -4.68.